The Morgan fingerprint density at radius 1 is 0.967 bits per heavy atom. The minimum Gasteiger partial charge on any atom is -0.356 e. The molecule has 2 N–H and O–H groups in total. The second kappa shape index (κ2) is 9.52. The second-order valence-electron chi connectivity index (χ2n) is 7.55. The Labute approximate surface area is 175 Å². The Balaban J connectivity index is 1.50. The number of hydrogen-bond acceptors (Lipinski definition) is 4. The maximum absolute atomic E-state index is 12.8. The third-order valence-electron chi connectivity index (χ3n) is 5.34. The van der Waals surface area contributed by atoms with E-state index in [9.17, 15) is 19.2 Å². The van der Waals surface area contributed by atoms with Gasteiger partial charge in [0.15, 0.2) is 0 Å². The van der Waals surface area contributed by atoms with Crippen molar-refractivity contribution in [3.63, 3.8) is 0 Å². The largest absolute Gasteiger partial charge is 0.356 e. The van der Waals surface area contributed by atoms with Gasteiger partial charge in [-0.15, -0.1) is 0 Å². The first-order valence-electron chi connectivity index (χ1n) is 10.4. The lowest BCUT2D eigenvalue weighted by atomic mass is 9.94. The van der Waals surface area contributed by atoms with Crippen molar-refractivity contribution >= 4 is 34.4 Å². The molecule has 0 aromatic heterocycles. The molecule has 158 valence electrons. The Morgan fingerprint density at radius 2 is 1.60 bits per heavy atom. The van der Waals surface area contributed by atoms with E-state index in [1.165, 1.54) is 4.90 Å². The summed E-state index contributed by atoms with van der Waals surface area (Å²) in [5.74, 6) is -0.953. The van der Waals surface area contributed by atoms with E-state index in [0.29, 0.717) is 22.9 Å². The molecule has 0 aliphatic carbocycles. The monoisotopic (exact) mass is 409 g/mol. The number of imide groups is 1. The van der Waals surface area contributed by atoms with Gasteiger partial charge in [0, 0.05) is 48.5 Å². The molecule has 0 saturated carbocycles. The SMILES string of the molecule is CCC(C)NC(=O)CCNC(=O)CCCN1C(=O)c2cccc3cccc(c23)C1=O. The van der Waals surface area contributed by atoms with E-state index in [1.807, 2.05) is 26.0 Å². The molecule has 1 aliphatic rings. The van der Waals surface area contributed by atoms with Gasteiger partial charge < -0.3 is 10.6 Å². The minimum atomic E-state index is -0.327. The van der Waals surface area contributed by atoms with Crippen LogP contribution >= 0.6 is 0 Å². The van der Waals surface area contributed by atoms with Crippen LogP contribution < -0.4 is 10.6 Å². The summed E-state index contributed by atoms with van der Waals surface area (Å²) in [4.78, 5) is 50.6. The Kier molecular flexibility index (Phi) is 6.82. The molecular weight excluding hydrogens is 382 g/mol. The van der Waals surface area contributed by atoms with Gasteiger partial charge in [-0.1, -0.05) is 31.2 Å². The van der Waals surface area contributed by atoms with E-state index in [-0.39, 0.29) is 55.6 Å². The number of amides is 4. The third kappa shape index (κ3) is 4.67. The molecule has 1 unspecified atom stereocenters. The normalized spacial score (nSPS) is 14.0. The molecular formula is C23H27N3O4. The maximum Gasteiger partial charge on any atom is 0.261 e. The average molecular weight is 409 g/mol. The van der Waals surface area contributed by atoms with Gasteiger partial charge in [0.25, 0.3) is 11.8 Å². The first kappa shape index (κ1) is 21.5. The van der Waals surface area contributed by atoms with E-state index < -0.39 is 0 Å². The van der Waals surface area contributed by atoms with E-state index in [4.69, 9.17) is 0 Å². The summed E-state index contributed by atoms with van der Waals surface area (Å²) in [6.45, 7) is 4.35. The zero-order valence-corrected chi connectivity index (χ0v) is 17.4. The first-order valence-corrected chi connectivity index (χ1v) is 10.4. The number of nitrogens with one attached hydrogen (secondary N) is 2. The summed E-state index contributed by atoms with van der Waals surface area (Å²) in [5, 5.41) is 7.11. The number of benzene rings is 2. The predicted molar refractivity (Wildman–Crippen MR) is 114 cm³/mol. The molecule has 1 aliphatic heterocycles. The highest BCUT2D eigenvalue weighted by Crippen LogP contribution is 2.29. The lowest BCUT2D eigenvalue weighted by molar-refractivity contribution is -0.122. The summed E-state index contributed by atoms with van der Waals surface area (Å²) >= 11 is 0. The number of hydrogen-bond donors (Lipinski definition) is 2. The Morgan fingerprint density at radius 3 is 2.20 bits per heavy atom. The van der Waals surface area contributed by atoms with Crippen LogP contribution in [0, 0.1) is 0 Å². The van der Waals surface area contributed by atoms with Crippen LogP contribution in [-0.4, -0.2) is 47.7 Å². The zero-order valence-electron chi connectivity index (χ0n) is 17.4. The van der Waals surface area contributed by atoms with Gasteiger partial charge >= 0.3 is 0 Å². The summed E-state index contributed by atoms with van der Waals surface area (Å²) in [5.41, 5.74) is 1.03. The molecule has 4 amide bonds. The van der Waals surface area contributed by atoms with Crippen molar-refractivity contribution in [2.45, 2.75) is 45.6 Å². The van der Waals surface area contributed by atoms with Crippen molar-refractivity contribution in [1.29, 1.82) is 0 Å². The van der Waals surface area contributed by atoms with Crippen LogP contribution in [0.15, 0.2) is 36.4 Å². The molecule has 0 bridgehead atoms. The van der Waals surface area contributed by atoms with Crippen molar-refractivity contribution in [3.8, 4) is 0 Å². The molecule has 0 fully saturated rings. The number of carbonyl (C=O) groups excluding carboxylic acids is 4. The summed E-state index contributed by atoms with van der Waals surface area (Å²) in [6.07, 6.45) is 1.61. The predicted octanol–water partition coefficient (Wildman–Crippen LogP) is 2.64. The lowest BCUT2D eigenvalue weighted by Crippen LogP contribution is -2.41. The average Bonchev–Trinajstić information content (AvgIpc) is 2.74. The van der Waals surface area contributed by atoms with Gasteiger partial charge in [0.05, 0.1) is 0 Å². The van der Waals surface area contributed by atoms with Crippen LogP contribution in [0.1, 0.15) is 60.2 Å². The second-order valence-corrected chi connectivity index (χ2v) is 7.55. The fraction of sp³-hybridized carbons (Fsp3) is 0.391. The van der Waals surface area contributed by atoms with Crippen LogP contribution in [0.25, 0.3) is 10.8 Å². The van der Waals surface area contributed by atoms with E-state index in [1.54, 1.807) is 24.3 Å². The Bertz CT molecular complexity index is 935. The molecule has 3 rings (SSSR count). The molecule has 7 nitrogen and oxygen atoms in total. The van der Waals surface area contributed by atoms with Crippen molar-refractivity contribution in [2.24, 2.45) is 0 Å². The molecule has 1 heterocycles. The number of nitrogens with zero attached hydrogens (tertiary/aromatic N) is 1. The highest BCUT2D eigenvalue weighted by Gasteiger charge is 2.32. The molecule has 1 atom stereocenters. The van der Waals surface area contributed by atoms with E-state index in [0.717, 1.165) is 11.8 Å². The fourth-order valence-electron chi connectivity index (χ4n) is 3.53. The number of carbonyl (C=O) groups is 4. The van der Waals surface area contributed by atoms with Gasteiger partial charge in [-0.2, -0.15) is 0 Å². The lowest BCUT2D eigenvalue weighted by Gasteiger charge is -2.27. The molecule has 0 saturated heterocycles. The van der Waals surface area contributed by atoms with Crippen LogP contribution in [0.3, 0.4) is 0 Å². The van der Waals surface area contributed by atoms with Gasteiger partial charge in [0.1, 0.15) is 0 Å². The molecule has 2 aromatic carbocycles. The first-order chi connectivity index (χ1) is 14.4. The van der Waals surface area contributed by atoms with Crippen LogP contribution in [0.5, 0.6) is 0 Å². The molecule has 30 heavy (non-hydrogen) atoms. The summed E-state index contributed by atoms with van der Waals surface area (Å²) in [6, 6.07) is 10.9. The Hall–Kier alpha value is -3.22. The van der Waals surface area contributed by atoms with E-state index >= 15 is 0 Å². The molecule has 7 heteroatoms. The van der Waals surface area contributed by atoms with Crippen molar-refractivity contribution < 1.29 is 19.2 Å². The standard InChI is InChI=1S/C23H27N3O4/c1-3-15(2)25-20(28)12-13-24-19(27)11-6-14-26-22(29)17-9-4-7-16-8-5-10-18(21(16)17)23(26)30/h4-5,7-10,15H,3,6,11-14H2,1-2H3,(H,24,27)(H,25,28). The van der Waals surface area contributed by atoms with Crippen LogP contribution in [0.2, 0.25) is 0 Å². The van der Waals surface area contributed by atoms with Crippen LogP contribution in [-0.2, 0) is 9.59 Å². The van der Waals surface area contributed by atoms with Gasteiger partial charge in [0.2, 0.25) is 11.8 Å². The topological polar surface area (TPSA) is 95.6 Å². The van der Waals surface area contributed by atoms with Gasteiger partial charge in [-0.3, -0.25) is 24.1 Å². The van der Waals surface area contributed by atoms with Gasteiger partial charge in [-0.05, 0) is 37.3 Å². The fourth-order valence-corrected chi connectivity index (χ4v) is 3.53. The highest BCUT2D eigenvalue weighted by atomic mass is 16.2. The van der Waals surface area contributed by atoms with Crippen LogP contribution in [0.4, 0.5) is 0 Å². The van der Waals surface area contributed by atoms with Gasteiger partial charge in [-0.25, -0.2) is 0 Å². The molecule has 0 spiro atoms. The quantitative estimate of drug-likeness (QED) is 0.623. The van der Waals surface area contributed by atoms with Crippen molar-refractivity contribution in [2.75, 3.05) is 13.1 Å². The smallest absolute Gasteiger partial charge is 0.261 e. The summed E-state index contributed by atoms with van der Waals surface area (Å²) < 4.78 is 0. The highest BCUT2D eigenvalue weighted by molar-refractivity contribution is 6.25. The van der Waals surface area contributed by atoms with Crippen molar-refractivity contribution in [1.82, 2.24) is 15.5 Å². The summed E-state index contributed by atoms with van der Waals surface area (Å²) in [7, 11) is 0. The maximum atomic E-state index is 12.8. The minimum absolute atomic E-state index is 0.0954. The zero-order chi connectivity index (χ0) is 21.7. The third-order valence-corrected chi connectivity index (χ3v) is 5.34. The van der Waals surface area contributed by atoms with E-state index in [2.05, 4.69) is 10.6 Å². The molecule has 2 aromatic rings. The molecule has 0 radical (unpaired) electrons. The van der Waals surface area contributed by atoms with Crippen molar-refractivity contribution in [3.05, 3.63) is 47.5 Å². The number of rotatable bonds is 9.